The van der Waals surface area contributed by atoms with E-state index in [4.69, 9.17) is 18.9 Å². The molecule has 2 saturated heterocycles. The zero-order valence-corrected chi connectivity index (χ0v) is 21.3. The number of likely N-dealkylation sites (tertiary alicyclic amines) is 1. The third-order valence-electron chi connectivity index (χ3n) is 5.67. The van der Waals surface area contributed by atoms with Crippen LogP contribution in [0.25, 0.3) is 0 Å². The maximum absolute atomic E-state index is 12.2. The van der Waals surface area contributed by atoms with Gasteiger partial charge in [0, 0.05) is 32.7 Å². The van der Waals surface area contributed by atoms with Crippen LogP contribution >= 0.6 is 24.0 Å². The number of hydrogen-bond acceptors (Lipinski definition) is 6. The summed E-state index contributed by atoms with van der Waals surface area (Å²) in [7, 11) is 0. The van der Waals surface area contributed by atoms with Crippen molar-refractivity contribution in [2.45, 2.75) is 39.7 Å². The fourth-order valence-corrected chi connectivity index (χ4v) is 4.13. The first-order valence-corrected chi connectivity index (χ1v) is 11.2. The maximum Gasteiger partial charge on any atom is 0.310 e. The van der Waals surface area contributed by atoms with Gasteiger partial charge in [-0.05, 0) is 45.7 Å². The summed E-state index contributed by atoms with van der Waals surface area (Å²) in [5, 5.41) is 3.41. The third-order valence-corrected chi connectivity index (χ3v) is 5.67. The summed E-state index contributed by atoms with van der Waals surface area (Å²) in [6.45, 7) is 12.4. The molecule has 0 aliphatic carbocycles. The van der Waals surface area contributed by atoms with Crippen LogP contribution in [0.2, 0.25) is 0 Å². The molecule has 2 fully saturated rings. The highest BCUT2D eigenvalue weighted by molar-refractivity contribution is 14.0. The number of carbonyl (C=O) groups is 1. The lowest BCUT2D eigenvalue weighted by molar-refractivity contribution is -0.149. The van der Waals surface area contributed by atoms with E-state index < -0.39 is 0 Å². The molecule has 2 aliphatic heterocycles. The van der Waals surface area contributed by atoms with Crippen LogP contribution in [-0.2, 0) is 14.3 Å². The van der Waals surface area contributed by atoms with Crippen molar-refractivity contribution in [3.8, 4) is 0 Å². The zero-order valence-electron chi connectivity index (χ0n) is 19.0. The first-order valence-electron chi connectivity index (χ1n) is 11.2. The van der Waals surface area contributed by atoms with Crippen molar-refractivity contribution in [3.05, 3.63) is 23.7 Å². The average Bonchev–Trinajstić information content (AvgIpc) is 3.20. The monoisotopic (exact) mass is 548 g/mol. The van der Waals surface area contributed by atoms with Crippen LogP contribution in [0.4, 0.5) is 0 Å². The van der Waals surface area contributed by atoms with Crippen LogP contribution in [-0.4, -0.2) is 80.8 Å². The smallest absolute Gasteiger partial charge is 0.310 e. The van der Waals surface area contributed by atoms with Crippen molar-refractivity contribution < 1.29 is 18.7 Å². The molecular formula is C22H37IN4O4. The summed E-state index contributed by atoms with van der Waals surface area (Å²) in [5.41, 5.74) is 0. The molecule has 2 unspecified atom stereocenters. The van der Waals surface area contributed by atoms with Crippen LogP contribution < -0.4 is 5.32 Å². The number of piperidine rings is 1. The molecular weight excluding hydrogens is 511 g/mol. The van der Waals surface area contributed by atoms with Crippen molar-refractivity contribution in [1.82, 2.24) is 15.1 Å². The number of morpholine rings is 1. The molecule has 2 atom stereocenters. The van der Waals surface area contributed by atoms with Gasteiger partial charge in [-0.1, -0.05) is 0 Å². The van der Waals surface area contributed by atoms with Gasteiger partial charge in [-0.15, -0.1) is 24.0 Å². The van der Waals surface area contributed by atoms with E-state index >= 15 is 0 Å². The van der Waals surface area contributed by atoms with Gasteiger partial charge in [0.2, 0.25) is 0 Å². The SMILES string of the molecule is CCNC(=NCC(c1ccc(C)o1)N1CCOCC1)N1CCCC(C(=O)OCC)C1.I. The van der Waals surface area contributed by atoms with Crippen LogP contribution in [0.15, 0.2) is 21.5 Å². The minimum atomic E-state index is -0.102. The molecule has 31 heavy (non-hydrogen) atoms. The largest absolute Gasteiger partial charge is 0.466 e. The molecule has 0 radical (unpaired) electrons. The fraction of sp³-hybridized carbons (Fsp3) is 0.727. The standard InChI is InChI=1S/C22H36N4O4.HI/c1-4-23-22(26-10-6-7-18(16-26)21(27)29-5-2)24-15-19(20-9-8-17(3)30-20)25-11-13-28-14-12-25;/h8-9,18-19H,4-7,10-16H2,1-3H3,(H,23,24);1H. The number of aryl methyl sites for hydroxylation is 1. The Bertz CT molecular complexity index is 705. The second kappa shape index (κ2) is 13.3. The summed E-state index contributed by atoms with van der Waals surface area (Å²) in [6.07, 6.45) is 1.83. The molecule has 3 rings (SSSR count). The highest BCUT2D eigenvalue weighted by atomic mass is 127. The number of rotatable bonds is 7. The van der Waals surface area contributed by atoms with Gasteiger partial charge in [0.05, 0.1) is 38.3 Å². The fourth-order valence-electron chi connectivity index (χ4n) is 4.13. The lowest BCUT2D eigenvalue weighted by Crippen LogP contribution is -2.48. The van der Waals surface area contributed by atoms with Crippen molar-refractivity contribution in [2.75, 3.05) is 59.1 Å². The molecule has 176 valence electrons. The number of carbonyl (C=O) groups excluding carboxylic acids is 1. The summed E-state index contributed by atoms with van der Waals surface area (Å²) in [5.74, 6) is 2.51. The van der Waals surface area contributed by atoms with Crippen LogP contribution in [0.3, 0.4) is 0 Å². The molecule has 1 aromatic heterocycles. The van der Waals surface area contributed by atoms with E-state index in [2.05, 4.69) is 28.1 Å². The highest BCUT2D eigenvalue weighted by Gasteiger charge is 2.29. The molecule has 8 nitrogen and oxygen atoms in total. The molecule has 0 spiro atoms. The Hall–Kier alpha value is -1.33. The number of halogens is 1. The summed E-state index contributed by atoms with van der Waals surface area (Å²) >= 11 is 0. The normalized spacial score (nSPS) is 21.3. The molecule has 0 saturated carbocycles. The summed E-state index contributed by atoms with van der Waals surface area (Å²) in [4.78, 5) is 21.8. The van der Waals surface area contributed by atoms with E-state index in [1.807, 2.05) is 19.9 Å². The topological polar surface area (TPSA) is 79.5 Å². The van der Waals surface area contributed by atoms with Gasteiger partial charge in [-0.25, -0.2) is 0 Å². The van der Waals surface area contributed by atoms with Crippen molar-refractivity contribution >= 4 is 35.9 Å². The quantitative estimate of drug-likeness (QED) is 0.243. The number of esters is 1. The Kier molecular flexibility index (Phi) is 11.1. The van der Waals surface area contributed by atoms with Gasteiger partial charge < -0.3 is 24.1 Å². The van der Waals surface area contributed by atoms with E-state index in [9.17, 15) is 4.79 Å². The molecule has 9 heteroatoms. The van der Waals surface area contributed by atoms with Crippen LogP contribution in [0.5, 0.6) is 0 Å². The van der Waals surface area contributed by atoms with Crippen LogP contribution in [0.1, 0.15) is 44.3 Å². The number of ether oxygens (including phenoxy) is 2. The van der Waals surface area contributed by atoms with Crippen LogP contribution in [0, 0.1) is 12.8 Å². The molecule has 0 aromatic carbocycles. The lowest BCUT2D eigenvalue weighted by Gasteiger charge is -2.35. The van der Waals surface area contributed by atoms with E-state index in [0.717, 1.165) is 69.7 Å². The lowest BCUT2D eigenvalue weighted by atomic mass is 9.98. The number of nitrogens with zero attached hydrogens (tertiary/aromatic N) is 3. The van der Waals surface area contributed by atoms with E-state index in [1.165, 1.54) is 0 Å². The first kappa shape index (κ1) is 25.9. The van der Waals surface area contributed by atoms with Gasteiger partial charge in [-0.3, -0.25) is 14.7 Å². The predicted molar refractivity (Wildman–Crippen MR) is 131 cm³/mol. The molecule has 1 N–H and O–H groups in total. The molecule has 0 bridgehead atoms. The molecule has 0 amide bonds. The Morgan fingerprint density at radius 3 is 2.71 bits per heavy atom. The van der Waals surface area contributed by atoms with E-state index in [0.29, 0.717) is 19.7 Å². The Balaban J connectivity index is 0.00000341. The van der Waals surface area contributed by atoms with Gasteiger partial charge in [-0.2, -0.15) is 0 Å². The number of nitrogens with one attached hydrogen (secondary N) is 1. The first-order chi connectivity index (χ1) is 14.6. The van der Waals surface area contributed by atoms with Crippen molar-refractivity contribution in [3.63, 3.8) is 0 Å². The Labute approximate surface area is 202 Å². The van der Waals surface area contributed by atoms with Gasteiger partial charge in [0.15, 0.2) is 5.96 Å². The number of hydrogen-bond donors (Lipinski definition) is 1. The average molecular weight is 548 g/mol. The Morgan fingerprint density at radius 1 is 1.29 bits per heavy atom. The minimum absolute atomic E-state index is 0. The Morgan fingerprint density at radius 2 is 2.06 bits per heavy atom. The third kappa shape index (κ3) is 7.35. The maximum atomic E-state index is 12.2. The van der Waals surface area contributed by atoms with Crippen molar-refractivity contribution in [2.24, 2.45) is 10.9 Å². The van der Waals surface area contributed by atoms with Gasteiger partial charge >= 0.3 is 5.97 Å². The summed E-state index contributed by atoms with van der Waals surface area (Å²) < 4.78 is 16.7. The van der Waals surface area contributed by atoms with Gasteiger partial charge in [0.1, 0.15) is 11.5 Å². The number of aliphatic imine (C=N–C) groups is 1. The van der Waals surface area contributed by atoms with Gasteiger partial charge in [0.25, 0.3) is 0 Å². The second-order valence-corrected chi connectivity index (χ2v) is 7.84. The number of guanidine groups is 1. The molecule has 3 heterocycles. The minimum Gasteiger partial charge on any atom is -0.466 e. The molecule has 2 aliphatic rings. The highest BCUT2D eigenvalue weighted by Crippen LogP contribution is 2.25. The van der Waals surface area contributed by atoms with E-state index in [-0.39, 0.29) is 41.9 Å². The molecule has 1 aromatic rings. The second-order valence-electron chi connectivity index (χ2n) is 7.84. The predicted octanol–water partition coefficient (Wildman–Crippen LogP) is 2.82. The van der Waals surface area contributed by atoms with Crippen molar-refractivity contribution in [1.29, 1.82) is 0 Å². The number of furan rings is 1. The zero-order chi connectivity index (χ0) is 21.3. The summed E-state index contributed by atoms with van der Waals surface area (Å²) in [6, 6.07) is 4.13. The van der Waals surface area contributed by atoms with E-state index in [1.54, 1.807) is 0 Å².